The number of carbonyl (C=O) groups is 13. The smallest absolute Gasteiger partial charge is 0.248 e. The standard InChI is InChI=1S/C73H113N13O14/c1-16-47(8)62-72(99)84(15)57(40-50-27-20-17-21-28-50)67(94)74-43-61(90)82(13)56(39-46(6)7)68(95)76-52(37-44(2)3)65(92)77-54(70(97)85-33-24-19-25-34-85)42-60(89)80(11)36-32-59(88)81(12)48(9)64(91)75-53(38-45(4)5)66(93)79-63(49(10)87)73(100)86-35-26-31-55(86)71(98)83(14)58(69(96)78-62)41-51-29-22-18-23-30-51/h17-18,20-23,27-30,44-49,52-58,62-63,87H,16,19,24-26,31-43H2,1-15H3,(H,74,94)(H,75,91)(H,76,95)(H,77,92)(H,78,96)(H,79,93)/t47-,48-,49+,52-,53-,54-,55-,56-,57-,58-,62-,63-/m0/s1. The molecule has 3 aliphatic rings. The van der Waals surface area contributed by atoms with Crippen molar-refractivity contribution in [1.29, 1.82) is 0 Å². The second-order valence-corrected chi connectivity index (χ2v) is 28.7. The highest BCUT2D eigenvalue weighted by molar-refractivity contribution is 6.00. The van der Waals surface area contributed by atoms with E-state index >= 15 is 14.4 Å². The minimum absolute atomic E-state index is 0.0373. The summed E-state index contributed by atoms with van der Waals surface area (Å²) in [6.07, 6.45) is 0.993. The lowest BCUT2D eigenvalue weighted by Gasteiger charge is -2.37. The normalized spacial score (nSPS) is 26.2. The van der Waals surface area contributed by atoms with E-state index in [9.17, 15) is 53.1 Å². The average molecular weight is 1400 g/mol. The first-order valence-corrected chi connectivity index (χ1v) is 35.6. The van der Waals surface area contributed by atoms with E-state index in [4.69, 9.17) is 0 Å². The zero-order valence-corrected chi connectivity index (χ0v) is 61.5. The fourth-order valence-corrected chi connectivity index (χ4v) is 12.8. The predicted molar refractivity (Wildman–Crippen MR) is 376 cm³/mol. The lowest BCUT2D eigenvalue weighted by Crippen LogP contribution is -2.62. The van der Waals surface area contributed by atoms with Crippen LogP contribution in [0.3, 0.4) is 0 Å². The summed E-state index contributed by atoms with van der Waals surface area (Å²) >= 11 is 0. The van der Waals surface area contributed by atoms with Crippen LogP contribution in [0.4, 0.5) is 0 Å². The number of nitrogens with one attached hydrogen (secondary N) is 6. The molecule has 13 amide bonds. The number of hydrogen-bond donors (Lipinski definition) is 7. The Bertz CT molecular complexity index is 3150. The molecule has 12 atom stereocenters. The minimum atomic E-state index is -1.62. The van der Waals surface area contributed by atoms with Crippen molar-refractivity contribution in [1.82, 2.24) is 66.2 Å². The topological polar surface area (TPSA) is 337 Å². The number of likely N-dealkylation sites (tertiary alicyclic amines) is 1. The van der Waals surface area contributed by atoms with Crippen LogP contribution in [0.15, 0.2) is 60.7 Å². The Morgan fingerprint density at radius 2 is 1.00 bits per heavy atom. The van der Waals surface area contributed by atoms with Crippen molar-refractivity contribution in [3.63, 3.8) is 0 Å². The molecule has 2 aromatic carbocycles. The molecule has 5 rings (SSSR count). The summed E-state index contributed by atoms with van der Waals surface area (Å²) in [5.41, 5.74) is 1.31. The van der Waals surface area contributed by atoms with Gasteiger partial charge in [0.05, 0.1) is 19.1 Å². The maximum Gasteiger partial charge on any atom is 0.248 e. The first-order chi connectivity index (χ1) is 47.2. The molecule has 0 aliphatic carbocycles. The van der Waals surface area contributed by atoms with E-state index in [1.807, 2.05) is 48.5 Å². The van der Waals surface area contributed by atoms with Crippen molar-refractivity contribution in [2.45, 2.75) is 219 Å². The first-order valence-electron chi connectivity index (χ1n) is 35.6. The van der Waals surface area contributed by atoms with E-state index in [0.717, 1.165) is 11.3 Å². The van der Waals surface area contributed by atoms with E-state index in [2.05, 4.69) is 31.9 Å². The molecule has 3 aliphatic heterocycles. The Labute approximate surface area is 590 Å². The maximum absolute atomic E-state index is 15.2. The summed E-state index contributed by atoms with van der Waals surface area (Å²) in [4.78, 5) is 199. The van der Waals surface area contributed by atoms with Crippen LogP contribution in [-0.4, -0.2) is 251 Å². The highest BCUT2D eigenvalue weighted by Crippen LogP contribution is 2.25. The third-order valence-electron chi connectivity index (χ3n) is 19.5. The number of aliphatic hydroxyl groups excluding tert-OH is 1. The van der Waals surface area contributed by atoms with Crippen LogP contribution in [0.25, 0.3) is 0 Å². The average Bonchev–Trinajstić information content (AvgIpc) is 1.47. The fourth-order valence-electron chi connectivity index (χ4n) is 12.8. The number of likely N-dealkylation sites (N-methyl/N-ethyl adjacent to an activating group) is 4. The van der Waals surface area contributed by atoms with Gasteiger partial charge in [-0.25, -0.2) is 0 Å². The van der Waals surface area contributed by atoms with Gasteiger partial charge in [-0.15, -0.1) is 0 Å². The summed E-state index contributed by atoms with van der Waals surface area (Å²) in [5, 5.41) is 27.9. The van der Waals surface area contributed by atoms with Crippen LogP contribution in [-0.2, 0) is 75.2 Å². The van der Waals surface area contributed by atoms with Crippen LogP contribution < -0.4 is 31.9 Å². The molecule has 0 radical (unpaired) electrons. The van der Waals surface area contributed by atoms with Gasteiger partial charge in [-0.05, 0) is 100 Å². The largest absolute Gasteiger partial charge is 0.391 e. The third-order valence-corrected chi connectivity index (χ3v) is 19.5. The van der Waals surface area contributed by atoms with E-state index in [0.29, 0.717) is 49.9 Å². The van der Waals surface area contributed by atoms with Crippen LogP contribution in [0.1, 0.15) is 151 Å². The fraction of sp³-hybridized carbons (Fsp3) is 0.658. The zero-order valence-electron chi connectivity index (χ0n) is 61.5. The van der Waals surface area contributed by atoms with Gasteiger partial charge in [-0.3, -0.25) is 62.3 Å². The summed E-state index contributed by atoms with van der Waals surface area (Å²) in [6.45, 7) is 17.3. The molecular formula is C73H113N13O14. The zero-order chi connectivity index (χ0) is 74.4. The number of amides is 13. The number of benzene rings is 2. The molecule has 100 heavy (non-hydrogen) atoms. The van der Waals surface area contributed by atoms with E-state index in [1.165, 1.54) is 73.6 Å². The Balaban J connectivity index is 1.58. The number of carbonyl (C=O) groups excluding carboxylic acids is 13. The second kappa shape index (κ2) is 38.9. The summed E-state index contributed by atoms with van der Waals surface area (Å²) in [6, 6.07) is 4.78. The van der Waals surface area contributed by atoms with Crippen LogP contribution in [0, 0.1) is 23.7 Å². The molecule has 27 nitrogen and oxygen atoms in total. The minimum Gasteiger partial charge on any atom is -0.391 e. The molecule has 0 aromatic heterocycles. The van der Waals surface area contributed by atoms with Gasteiger partial charge in [-0.2, -0.15) is 0 Å². The SMILES string of the molecule is CC[C@H](C)[C@@H]1NC(=O)[C@H](Cc2ccccc2)N(C)C(=O)[C@@H]2CCCN2C(=O)[C@H]([C@@H](C)O)NC(=O)[C@H](CC(C)C)NC(=O)[C@H](C)N(C)C(=O)CCN(C)C(=O)C[C@@H](C(=O)N2CCCCC2)NC(=O)[C@H](CC(C)C)NC(=O)[C@H](CC(C)C)N(C)C(=O)CNC(=O)[C@H](Cc2ccccc2)N(C)C1=O. The molecule has 3 saturated heterocycles. The lowest BCUT2D eigenvalue weighted by atomic mass is 9.95. The Morgan fingerprint density at radius 3 is 1.53 bits per heavy atom. The van der Waals surface area contributed by atoms with Crippen molar-refractivity contribution < 1.29 is 67.4 Å². The molecule has 2 aromatic rings. The number of nitrogens with zero attached hydrogens (tertiary/aromatic N) is 7. The molecule has 3 fully saturated rings. The quantitative estimate of drug-likeness (QED) is 0.143. The molecule has 0 unspecified atom stereocenters. The van der Waals surface area contributed by atoms with Crippen LogP contribution in [0.5, 0.6) is 0 Å². The number of piperidine rings is 1. The Kier molecular flexibility index (Phi) is 32.0. The van der Waals surface area contributed by atoms with Gasteiger partial charge in [-0.1, -0.05) is 122 Å². The molecule has 554 valence electrons. The first kappa shape index (κ1) is 82.2. The number of aliphatic hydroxyl groups is 1. The van der Waals surface area contributed by atoms with Gasteiger partial charge in [0.2, 0.25) is 76.8 Å². The molecule has 0 saturated carbocycles. The van der Waals surface area contributed by atoms with Gasteiger partial charge in [0.15, 0.2) is 0 Å². The number of rotatable bonds is 14. The van der Waals surface area contributed by atoms with Crippen molar-refractivity contribution in [3.8, 4) is 0 Å². The summed E-state index contributed by atoms with van der Waals surface area (Å²) in [5.74, 6) is -10.1. The van der Waals surface area contributed by atoms with Gasteiger partial charge in [0, 0.05) is 80.7 Å². The number of fused-ring (bicyclic) bond motifs is 1. The van der Waals surface area contributed by atoms with E-state index in [1.54, 1.807) is 72.5 Å². The monoisotopic (exact) mass is 1400 g/mol. The summed E-state index contributed by atoms with van der Waals surface area (Å²) in [7, 11) is 7.08. The Morgan fingerprint density at radius 1 is 0.500 bits per heavy atom. The van der Waals surface area contributed by atoms with Crippen LogP contribution in [0.2, 0.25) is 0 Å². The van der Waals surface area contributed by atoms with E-state index < -0.39 is 162 Å². The van der Waals surface area contributed by atoms with Crippen LogP contribution >= 0.6 is 0 Å². The van der Waals surface area contributed by atoms with Crippen molar-refractivity contribution in [2.75, 3.05) is 68.0 Å². The molecule has 3 heterocycles. The van der Waals surface area contributed by atoms with Gasteiger partial charge in [0.25, 0.3) is 0 Å². The molecule has 7 N–H and O–H groups in total. The Hall–Kier alpha value is -8.49. The molecule has 0 bridgehead atoms. The van der Waals surface area contributed by atoms with E-state index in [-0.39, 0.29) is 75.8 Å². The highest BCUT2D eigenvalue weighted by Gasteiger charge is 2.45. The summed E-state index contributed by atoms with van der Waals surface area (Å²) < 4.78 is 0. The molecular weight excluding hydrogens is 1280 g/mol. The van der Waals surface area contributed by atoms with Gasteiger partial charge < -0.3 is 71.3 Å². The lowest BCUT2D eigenvalue weighted by molar-refractivity contribution is -0.150. The van der Waals surface area contributed by atoms with Crippen molar-refractivity contribution >= 4 is 76.8 Å². The third kappa shape index (κ3) is 23.3. The van der Waals surface area contributed by atoms with Crippen molar-refractivity contribution in [3.05, 3.63) is 71.8 Å². The van der Waals surface area contributed by atoms with Gasteiger partial charge in [0.1, 0.15) is 60.4 Å². The highest BCUT2D eigenvalue weighted by atomic mass is 16.3. The molecule has 0 spiro atoms. The maximum atomic E-state index is 15.2. The number of hydrogen-bond acceptors (Lipinski definition) is 14. The van der Waals surface area contributed by atoms with Crippen molar-refractivity contribution in [2.24, 2.45) is 23.7 Å². The second-order valence-electron chi connectivity index (χ2n) is 28.7. The predicted octanol–water partition coefficient (Wildman–Crippen LogP) is 2.16. The molecule has 27 heteroatoms. The van der Waals surface area contributed by atoms with Gasteiger partial charge >= 0.3 is 0 Å².